The molecule has 0 spiro atoms. The van der Waals surface area contributed by atoms with Gasteiger partial charge in [-0.2, -0.15) is 0 Å². The highest BCUT2D eigenvalue weighted by Gasteiger charge is 2.34. The molecule has 3 N–H and O–H groups in total. The maximum Gasteiger partial charge on any atom is 0.407 e. The summed E-state index contributed by atoms with van der Waals surface area (Å²) in [7, 11) is 1.49. The van der Waals surface area contributed by atoms with Gasteiger partial charge in [0.05, 0.1) is 11.3 Å². The second-order valence-corrected chi connectivity index (χ2v) is 6.78. The van der Waals surface area contributed by atoms with E-state index in [0.717, 1.165) is 4.90 Å². The van der Waals surface area contributed by atoms with E-state index in [1.165, 1.54) is 7.05 Å². The number of carbonyl (C=O) groups is 3. The molecule has 0 aliphatic carbocycles. The first-order valence-corrected chi connectivity index (χ1v) is 8.45. The van der Waals surface area contributed by atoms with Gasteiger partial charge in [-0.1, -0.05) is 15.9 Å². The van der Waals surface area contributed by atoms with E-state index in [-0.39, 0.29) is 11.5 Å². The zero-order valence-corrected chi connectivity index (χ0v) is 15.4. The molecule has 1 saturated heterocycles. The minimum Gasteiger partial charge on any atom is -0.465 e. The molecule has 1 fully saturated rings. The Morgan fingerprint density at radius 1 is 1.30 bits per heavy atom. The topological polar surface area (TPSA) is 98.7 Å². The van der Waals surface area contributed by atoms with E-state index in [1.54, 1.807) is 12.1 Å². The Bertz CT molecular complexity index is 666. The second-order valence-electron chi connectivity index (χ2n) is 5.01. The SMILES string of the molecule is CNC(=O)c1cc(Br)cc(Br)c1NC(=O)C1CCCN1C(=O)O. The van der Waals surface area contributed by atoms with Gasteiger partial charge in [0.15, 0.2) is 0 Å². The highest BCUT2D eigenvalue weighted by atomic mass is 79.9. The minimum absolute atomic E-state index is 0.280. The van der Waals surface area contributed by atoms with E-state index in [4.69, 9.17) is 5.11 Å². The quantitative estimate of drug-likeness (QED) is 0.661. The lowest BCUT2D eigenvalue weighted by molar-refractivity contribution is -0.119. The lowest BCUT2D eigenvalue weighted by atomic mass is 10.1. The maximum atomic E-state index is 12.4. The Morgan fingerprint density at radius 2 is 2.00 bits per heavy atom. The van der Waals surface area contributed by atoms with Gasteiger partial charge in [-0.3, -0.25) is 14.5 Å². The number of nitrogens with zero attached hydrogens (tertiary/aromatic N) is 1. The summed E-state index contributed by atoms with van der Waals surface area (Å²) < 4.78 is 1.20. The molecule has 9 heteroatoms. The molecule has 23 heavy (non-hydrogen) atoms. The first-order valence-electron chi connectivity index (χ1n) is 6.86. The number of hydrogen-bond acceptors (Lipinski definition) is 3. The van der Waals surface area contributed by atoms with Crippen LogP contribution in [0.25, 0.3) is 0 Å². The predicted octanol–water partition coefficient (Wildman–Crippen LogP) is 2.65. The van der Waals surface area contributed by atoms with E-state index < -0.39 is 18.0 Å². The Morgan fingerprint density at radius 3 is 2.61 bits per heavy atom. The number of carboxylic acid groups (broad SMARTS) is 1. The smallest absolute Gasteiger partial charge is 0.407 e. The van der Waals surface area contributed by atoms with Crippen LogP contribution in [-0.4, -0.2) is 47.5 Å². The fourth-order valence-corrected chi connectivity index (χ4v) is 3.81. The zero-order valence-electron chi connectivity index (χ0n) is 12.2. The normalized spacial score (nSPS) is 17.0. The molecular formula is C14H15Br2N3O4. The van der Waals surface area contributed by atoms with E-state index in [1.807, 2.05) is 0 Å². The number of nitrogens with one attached hydrogen (secondary N) is 2. The second kappa shape index (κ2) is 7.31. The van der Waals surface area contributed by atoms with Crippen LogP contribution < -0.4 is 10.6 Å². The molecule has 0 radical (unpaired) electrons. The highest BCUT2D eigenvalue weighted by Crippen LogP contribution is 2.31. The molecule has 1 atom stereocenters. The van der Waals surface area contributed by atoms with Crippen LogP contribution in [0.2, 0.25) is 0 Å². The molecule has 0 aromatic heterocycles. The van der Waals surface area contributed by atoms with Gasteiger partial charge >= 0.3 is 6.09 Å². The largest absolute Gasteiger partial charge is 0.465 e. The van der Waals surface area contributed by atoms with Crippen LogP contribution >= 0.6 is 31.9 Å². The summed E-state index contributed by atoms with van der Waals surface area (Å²) in [6.45, 7) is 0.331. The number of halogens is 2. The Labute approximate surface area is 149 Å². The fraction of sp³-hybridized carbons (Fsp3) is 0.357. The molecule has 1 aromatic carbocycles. The molecule has 0 saturated carbocycles. The molecule has 1 aromatic rings. The molecular weight excluding hydrogens is 434 g/mol. The number of amides is 3. The Hall–Kier alpha value is -1.61. The van der Waals surface area contributed by atoms with E-state index in [2.05, 4.69) is 42.5 Å². The average molecular weight is 449 g/mol. The monoisotopic (exact) mass is 447 g/mol. The molecule has 1 aliphatic rings. The average Bonchev–Trinajstić information content (AvgIpc) is 2.98. The molecule has 124 valence electrons. The Kier molecular flexibility index (Phi) is 5.64. The van der Waals surface area contributed by atoms with Gasteiger partial charge in [0.1, 0.15) is 6.04 Å². The molecule has 1 unspecified atom stereocenters. The van der Waals surface area contributed by atoms with Crippen LogP contribution in [0.5, 0.6) is 0 Å². The van der Waals surface area contributed by atoms with E-state index >= 15 is 0 Å². The number of rotatable bonds is 3. The maximum absolute atomic E-state index is 12.4. The number of benzene rings is 1. The standard InChI is InChI=1S/C14H15Br2N3O4/c1-17-12(20)8-5-7(15)6-9(16)11(8)18-13(21)10-3-2-4-19(10)14(22)23/h5-6,10H,2-4H2,1H3,(H,17,20)(H,18,21)(H,22,23). The number of hydrogen-bond donors (Lipinski definition) is 3. The Balaban J connectivity index is 2.30. The molecule has 2 rings (SSSR count). The van der Waals surface area contributed by atoms with Gasteiger partial charge in [0.2, 0.25) is 5.91 Å². The van der Waals surface area contributed by atoms with Gasteiger partial charge in [0, 0.05) is 22.5 Å². The first kappa shape index (κ1) is 17.7. The van der Waals surface area contributed by atoms with Crippen molar-refractivity contribution in [2.75, 3.05) is 18.9 Å². The molecule has 1 heterocycles. The van der Waals surface area contributed by atoms with Gasteiger partial charge < -0.3 is 15.7 Å². The van der Waals surface area contributed by atoms with Gasteiger partial charge in [-0.15, -0.1) is 0 Å². The van der Waals surface area contributed by atoms with Crippen LogP contribution in [0.1, 0.15) is 23.2 Å². The third-order valence-corrected chi connectivity index (χ3v) is 4.66. The van der Waals surface area contributed by atoms with Crippen molar-refractivity contribution in [1.29, 1.82) is 0 Å². The number of carbonyl (C=O) groups excluding carboxylic acids is 2. The van der Waals surface area contributed by atoms with Crippen molar-refractivity contribution in [1.82, 2.24) is 10.2 Å². The van der Waals surface area contributed by atoms with Crippen LogP contribution in [0, 0.1) is 0 Å². The summed E-state index contributed by atoms with van der Waals surface area (Å²) in [5.74, 6) is -0.804. The summed E-state index contributed by atoms with van der Waals surface area (Å²) in [5, 5.41) is 14.3. The highest BCUT2D eigenvalue weighted by molar-refractivity contribution is 9.11. The molecule has 0 bridgehead atoms. The fourth-order valence-electron chi connectivity index (χ4n) is 2.49. The zero-order chi connectivity index (χ0) is 17.1. The molecule has 1 aliphatic heterocycles. The van der Waals surface area contributed by atoms with Crippen molar-refractivity contribution >= 4 is 55.5 Å². The summed E-state index contributed by atoms with van der Waals surface area (Å²) >= 11 is 6.62. The summed E-state index contributed by atoms with van der Waals surface area (Å²) in [6, 6.07) is 2.54. The summed E-state index contributed by atoms with van der Waals surface area (Å²) in [5.41, 5.74) is 0.594. The van der Waals surface area contributed by atoms with Gasteiger partial charge in [-0.25, -0.2) is 4.79 Å². The van der Waals surface area contributed by atoms with Crippen molar-refractivity contribution in [2.45, 2.75) is 18.9 Å². The van der Waals surface area contributed by atoms with Crippen LogP contribution in [-0.2, 0) is 4.79 Å². The van der Waals surface area contributed by atoms with Crippen LogP contribution in [0.4, 0.5) is 10.5 Å². The number of anilines is 1. The lowest BCUT2D eigenvalue weighted by Crippen LogP contribution is -2.42. The minimum atomic E-state index is -1.12. The number of likely N-dealkylation sites (tertiary alicyclic amines) is 1. The van der Waals surface area contributed by atoms with Crippen molar-refractivity contribution < 1.29 is 19.5 Å². The van der Waals surface area contributed by atoms with E-state index in [9.17, 15) is 14.4 Å². The molecule has 7 nitrogen and oxygen atoms in total. The summed E-state index contributed by atoms with van der Waals surface area (Å²) in [6.07, 6.45) is -0.0282. The summed E-state index contributed by atoms with van der Waals surface area (Å²) in [4.78, 5) is 36.7. The molecule has 3 amide bonds. The van der Waals surface area contributed by atoms with Crippen molar-refractivity contribution in [3.63, 3.8) is 0 Å². The van der Waals surface area contributed by atoms with Crippen molar-refractivity contribution in [3.05, 3.63) is 26.6 Å². The van der Waals surface area contributed by atoms with E-state index in [0.29, 0.717) is 34.0 Å². The predicted molar refractivity (Wildman–Crippen MR) is 91.6 cm³/mol. The van der Waals surface area contributed by atoms with Gasteiger partial charge in [-0.05, 0) is 40.9 Å². The first-order chi connectivity index (χ1) is 10.8. The van der Waals surface area contributed by atoms with Crippen molar-refractivity contribution in [3.8, 4) is 0 Å². The van der Waals surface area contributed by atoms with Crippen molar-refractivity contribution in [2.24, 2.45) is 0 Å². The van der Waals surface area contributed by atoms with Crippen LogP contribution in [0.15, 0.2) is 21.1 Å². The van der Waals surface area contributed by atoms with Crippen LogP contribution in [0.3, 0.4) is 0 Å². The third kappa shape index (κ3) is 3.84. The lowest BCUT2D eigenvalue weighted by Gasteiger charge is -2.22. The third-order valence-electron chi connectivity index (χ3n) is 3.58. The van der Waals surface area contributed by atoms with Gasteiger partial charge in [0.25, 0.3) is 5.91 Å².